The third kappa shape index (κ3) is 1.71. The van der Waals surface area contributed by atoms with Gasteiger partial charge in [-0.05, 0) is 34.7 Å². The van der Waals surface area contributed by atoms with Crippen molar-refractivity contribution >= 4 is 22.6 Å². The Bertz CT molecular complexity index is 191. The lowest BCUT2D eigenvalue weighted by Crippen LogP contribution is -1.79. The molecule has 1 aromatic heterocycles. The molecule has 1 nitrogen and oxygen atoms in total. The SMILES string of the molecule is CC(C)c1ccc(I)o1. The number of rotatable bonds is 1. The molecule has 0 spiro atoms. The van der Waals surface area contributed by atoms with Crippen molar-refractivity contribution in [2.75, 3.05) is 0 Å². The fourth-order valence-corrected chi connectivity index (χ4v) is 1.07. The average molecular weight is 236 g/mol. The molecule has 0 saturated carbocycles. The summed E-state index contributed by atoms with van der Waals surface area (Å²) in [6.07, 6.45) is 0. The van der Waals surface area contributed by atoms with Crippen LogP contribution >= 0.6 is 22.6 Å². The van der Waals surface area contributed by atoms with Crippen molar-refractivity contribution in [1.82, 2.24) is 0 Å². The Balaban J connectivity index is 2.85. The lowest BCUT2D eigenvalue weighted by atomic mass is 10.2. The molecule has 50 valence electrons. The van der Waals surface area contributed by atoms with E-state index < -0.39 is 0 Å². The largest absolute Gasteiger partial charge is 0.455 e. The molecular formula is C7H9IO. The highest BCUT2D eigenvalue weighted by Gasteiger charge is 2.01. The van der Waals surface area contributed by atoms with E-state index >= 15 is 0 Å². The van der Waals surface area contributed by atoms with Crippen LogP contribution in [0.15, 0.2) is 16.5 Å². The van der Waals surface area contributed by atoms with Crippen molar-refractivity contribution in [2.24, 2.45) is 0 Å². The molecule has 1 heterocycles. The molecule has 0 aliphatic rings. The van der Waals surface area contributed by atoms with Crippen LogP contribution in [0, 0.1) is 3.77 Å². The smallest absolute Gasteiger partial charge is 0.163 e. The van der Waals surface area contributed by atoms with Gasteiger partial charge in [-0.3, -0.25) is 0 Å². The van der Waals surface area contributed by atoms with Crippen molar-refractivity contribution in [3.63, 3.8) is 0 Å². The second kappa shape index (κ2) is 2.73. The van der Waals surface area contributed by atoms with E-state index in [1.165, 1.54) is 0 Å². The van der Waals surface area contributed by atoms with E-state index in [4.69, 9.17) is 4.42 Å². The first-order chi connectivity index (χ1) is 4.20. The van der Waals surface area contributed by atoms with E-state index in [0.29, 0.717) is 5.92 Å². The van der Waals surface area contributed by atoms with Crippen molar-refractivity contribution in [3.8, 4) is 0 Å². The van der Waals surface area contributed by atoms with Gasteiger partial charge in [0.25, 0.3) is 0 Å². The van der Waals surface area contributed by atoms with Crippen LogP contribution in [0.2, 0.25) is 0 Å². The second-order valence-corrected chi connectivity index (χ2v) is 3.36. The topological polar surface area (TPSA) is 13.1 Å². The van der Waals surface area contributed by atoms with Gasteiger partial charge in [0, 0.05) is 5.92 Å². The number of hydrogen-bond donors (Lipinski definition) is 0. The molecule has 0 radical (unpaired) electrons. The fraction of sp³-hybridized carbons (Fsp3) is 0.429. The van der Waals surface area contributed by atoms with Gasteiger partial charge in [0.15, 0.2) is 3.77 Å². The molecule has 0 saturated heterocycles. The number of furan rings is 1. The van der Waals surface area contributed by atoms with Gasteiger partial charge in [-0.1, -0.05) is 13.8 Å². The lowest BCUT2D eigenvalue weighted by molar-refractivity contribution is 0.465. The van der Waals surface area contributed by atoms with E-state index in [-0.39, 0.29) is 0 Å². The molecule has 0 amide bonds. The highest BCUT2D eigenvalue weighted by atomic mass is 127. The lowest BCUT2D eigenvalue weighted by Gasteiger charge is -1.95. The maximum absolute atomic E-state index is 5.33. The molecule has 0 atom stereocenters. The average Bonchev–Trinajstić information content (AvgIpc) is 2.14. The Hall–Kier alpha value is 0.01000. The van der Waals surface area contributed by atoms with E-state index in [0.717, 1.165) is 9.53 Å². The minimum atomic E-state index is 0.508. The monoisotopic (exact) mass is 236 g/mol. The summed E-state index contributed by atoms with van der Waals surface area (Å²) in [4.78, 5) is 0. The van der Waals surface area contributed by atoms with Crippen LogP contribution in [0.1, 0.15) is 25.5 Å². The molecule has 0 N–H and O–H groups in total. The molecule has 0 aliphatic carbocycles. The highest BCUT2D eigenvalue weighted by molar-refractivity contribution is 14.1. The first-order valence-electron chi connectivity index (χ1n) is 2.95. The van der Waals surface area contributed by atoms with Crippen molar-refractivity contribution in [3.05, 3.63) is 21.7 Å². The summed E-state index contributed by atoms with van der Waals surface area (Å²) >= 11 is 2.17. The van der Waals surface area contributed by atoms with Crippen LogP contribution in [0.3, 0.4) is 0 Å². The zero-order valence-electron chi connectivity index (χ0n) is 5.52. The van der Waals surface area contributed by atoms with Crippen LogP contribution < -0.4 is 0 Å². The molecule has 0 fully saturated rings. The molecule has 0 bridgehead atoms. The summed E-state index contributed by atoms with van der Waals surface area (Å²) in [6.45, 7) is 4.24. The summed E-state index contributed by atoms with van der Waals surface area (Å²) in [7, 11) is 0. The quantitative estimate of drug-likeness (QED) is 0.683. The molecule has 1 rings (SSSR count). The maximum Gasteiger partial charge on any atom is 0.163 e. The zero-order chi connectivity index (χ0) is 6.85. The van der Waals surface area contributed by atoms with Crippen LogP contribution in [0.5, 0.6) is 0 Å². The van der Waals surface area contributed by atoms with Gasteiger partial charge in [-0.15, -0.1) is 0 Å². The third-order valence-corrected chi connectivity index (χ3v) is 1.74. The van der Waals surface area contributed by atoms with Crippen molar-refractivity contribution in [1.29, 1.82) is 0 Å². The van der Waals surface area contributed by atoms with Crippen molar-refractivity contribution < 1.29 is 4.42 Å². The molecule has 0 aromatic carbocycles. The minimum Gasteiger partial charge on any atom is -0.455 e. The predicted molar refractivity (Wildman–Crippen MR) is 45.5 cm³/mol. The van der Waals surface area contributed by atoms with Gasteiger partial charge in [0.05, 0.1) is 0 Å². The highest BCUT2D eigenvalue weighted by Crippen LogP contribution is 2.17. The molecule has 9 heavy (non-hydrogen) atoms. The standard InChI is InChI=1S/C7H9IO/c1-5(2)6-3-4-7(8)9-6/h3-5H,1-2H3. The van der Waals surface area contributed by atoms with Crippen LogP contribution in [0.25, 0.3) is 0 Å². The van der Waals surface area contributed by atoms with Gasteiger partial charge in [0.1, 0.15) is 5.76 Å². The Morgan fingerprint density at radius 3 is 2.33 bits per heavy atom. The summed E-state index contributed by atoms with van der Waals surface area (Å²) in [6, 6.07) is 4.00. The molecular weight excluding hydrogens is 227 g/mol. The summed E-state index contributed by atoms with van der Waals surface area (Å²) in [5.41, 5.74) is 0. The summed E-state index contributed by atoms with van der Waals surface area (Å²) in [5.74, 6) is 1.58. The van der Waals surface area contributed by atoms with Crippen LogP contribution in [0.4, 0.5) is 0 Å². The normalized spacial score (nSPS) is 10.7. The first kappa shape index (κ1) is 7.12. The molecule has 2 heteroatoms. The second-order valence-electron chi connectivity index (χ2n) is 2.30. The van der Waals surface area contributed by atoms with Gasteiger partial charge in [0.2, 0.25) is 0 Å². The van der Waals surface area contributed by atoms with Gasteiger partial charge in [-0.2, -0.15) is 0 Å². The Kier molecular flexibility index (Phi) is 2.16. The summed E-state index contributed by atoms with van der Waals surface area (Å²) in [5, 5.41) is 0. The fourth-order valence-electron chi connectivity index (χ4n) is 0.639. The zero-order valence-corrected chi connectivity index (χ0v) is 7.68. The van der Waals surface area contributed by atoms with E-state index in [9.17, 15) is 0 Å². The van der Waals surface area contributed by atoms with Crippen LogP contribution in [-0.2, 0) is 0 Å². The van der Waals surface area contributed by atoms with Crippen molar-refractivity contribution in [2.45, 2.75) is 19.8 Å². The van der Waals surface area contributed by atoms with Gasteiger partial charge < -0.3 is 4.42 Å². The van der Waals surface area contributed by atoms with Gasteiger partial charge >= 0.3 is 0 Å². The van der Waals surface area contributed by atoms with E-state index in [1.807, 2.05) is 12.1 Å². The van der Waals surface area contributed by atoms with Crippen LogP contribution in [-0.4, -0.2) is 0 Å². The van der Waals surface area contributed by atoms with E-state index in [2.05, 4.69) is 36.4 Å². The minimum absolute atomic E-state index is 0.508. The first-order valence-corrected chi connectivity index (χ1v) is 4.03. The van der Waals surface area contributed by atoms with Gasteiger partial charge in [-0.25, -0.2) is 0 Å². The Labute approximate surface area is 68.6 Å². The summed E-state index contributed by atoms with van der Waals surface area (Å²) < 4.78 is 6.30. The Morgan fingerprint density at radius 1 is 1.44 bits per heavy atom. The molecule has 0 aliphatic heterocycles. The predicted octanol–water partition coefficient (Wildman–Crippen LogP) is 3.01. The molecule has 1 aromatic rings. The number of hydrogen-bond acceptors (Lipinski definition) is 1. The van der Waals surface area contributed by atoms with E-state index in [1.54, 1.807) is 0 Å². The Morgan fingerprint density at radius 2 is 2.11 bits per heavy atom. The number of halogens is 1. The molecule has 0 unspecified atom stereocenters. The maximum atomic E-state index is 5.33. The third-order valence-electron chi connectivity index (χ3n) is 1.16.